The molecule has 0 fully saturated rings. The van der Waals surface area contributed by atoms with E-state index in [0.29, 0.717) is 5.02 Å². The van der Waals surface area contributed by atoms with Crippen LogP contribution >= 0.6 is 11.6 Å². The minimum Gasteiger partial charge on any atom is -0.485 e. The molecule has 0 bridgehead atoms. The van der Waals surface area contributed by atoms with Crippen LogP contribution < -0.4 is 10.5 Å². The maximum absolute atomic E-state index is 10.9. The van der Waals surface area contributed by atoms with E-state index in [1.54, 1.807) is 6.07 Å². The van der Waals surface area contributed by atoms with Gasteiger partial charge in [0.05, 0.1) is 4.92 Å². The van der Waals surface area contributed by atoms with Gasteiger partial charge in [-0.2, -0.15) is 0 Å². The van der Waals surface area contributed by atoms with Crippen LogP contribution in [0.2, 0.25) is 5.02 Å². The molecular formula is C12H17ClN2O3. The highest BCUT2D eigenvalue weighted by Crippen LogP contribution is 2.30. The monoisotopic (exact) mass is 272 g/mol. The van der Waals surface area contributed by atoms with Crippen molar-refractivity contribution in [3.05, 3.63) is 33.3 Å². The minimum atomic E-state index is -0.517. The van der Waals surface area contributed by atoms with Crippen LogP contribution in [-0.2, 0) is 0 Å². The number of nitro groups is 1. The number of ether oxygens (including phenoxy) is 1. The smallest absolute Gasteiger partial charge is 0.312 e. The lowest BCUT2D eigenvalue weighted by molar-refractivity contribution is -0.385. The van der Waals surface area contributed by atoms with E-state index < -0.39 is 10.5 Å². The summed E-state index contributed by atoms with van der Waals surface area (Å²) in [7, 11) is 0. The number of halogens is 1. The van der Waals surface area contributed by atoms with Crippen LogP contribution in [-0.4, -0.2) is 17.1 Å². The second-order valence-corrected chi connectivity index (χ2v) is 4.66. The molecule has 0 spiro atoms. The van der Waals surface area contributed by atoms with E-state index in [9.17, 15) is 10.1 Å². The molecule has 5 nitrogen and oxygen atoms in total. The summed E-state index contributed by atoms with van der Waals surface area (Å²) in [5.74, 6) is 0.195. The first kappa shape index (κ1) is 14.7. The highest BCUT2D eigenvalue weighted by Gasteiger charge is 2.23. The lowest BCUT2D eigenvalue weighted by Crippen LogP contribution is -2.44. The van der Waals surface area contributed by atoms with E-state index in [1.165, 1.54) is 12.1 Å². The number of rotatable bonds is 6. The highest BCUT2D eigenvalue weighted by molar-refractivity contribution is 6.30. The second kappa shape index (κ2) is 6.02. The maximum Gasteiger partial charge on any atom is 0.312 e. The van der Waals surface area contributed by atoms with Gasteiger partial charge in [-0.25, -0.2) is 0 Å². The number of hydrogen-bond donors (Lipinski definition) is 1. The van der Waals surface area contributed by atoms with Crippen LogP contribution in [0.3, 0.4) is 0 Å². The molecule has 2 N–H and O–H groups in total. The summed E-state index contributed by atoms with van der Waals surface area (Å²) in [6.07, 6.45) is 1.48. The second-order valence-electron chi connectivity index (χ2n) is 4.23. The summed E-state index contributed by atoms with van der Waals surface area (Å²) in [4.78, 5) is 10.4. The number of nitrogens with zero attached hydrogens (tertiary/aromatic N) is 1. The third kappa shape index (κ3) is 3.58. The zero-order chi connectivity index (χ0) is 13.8. The molecule has 0 saturated heterocycles. The molecule has 100 valence electrons. The van der Waals surface area contributed by atoms with Crippen LogP contribution in [0.25, 0.3) is 0 Å². The first-order valence-corrected chi connectivity index (χ1v) is 6.15. The van der Waals surface area contributed by atoms with Crippen molar-refractivity contribution in [2.45, 2.75) is 32.2 Å². The Hall–Kier alpha value is -1.33. The number of nitro benzene ring substituents is 1. The minimum absolute atomic E-state index is 0.142. The summed E-state index contributed by atoms with van der Waals surface area (Å²) in [6, 6.07) is 4.32. The number of benzene rings is 1. The molecule has 1 aromatic carbocycles. The average molecular weight is 273 g/mol. The molecular weight excluding hydrogens is 256 g/mol. The molecule has 1 rings (SSSR count). The van der Waals surface area contributed by atoms with Gasteiger partial charge >= 0.3 is 5.69 Å². The van der Waals surface area contributed by atoms with E-state index >= 15 is 0 Å². The first-order valence-electron chi connectivity index (χ1n) is 5.77. The molecule has 0 heterocycles. The zero-order valence-corrected chi connectivity index (χ0v) is 11.2. The maximum atomic E-state index is 10.9. The fraction of sp³-hybridized carbons (Fsp3) is 0.500. The molecule has 0 aromatic heterocycles. The van der Waals surface area contributed by atoms with Gasteiger partial charge in [-0.15, -0.1) is 0 Å². The van der Waals surface area contributed by atoms with Crippen molar-refractivity contribution in [1.29, 1.82) is 0 Å². The Labute approximate surface area is 111 Å². The van der Waals surface area contributed by atoms with Gasteiger partial charge in [0.1, 0.15) is 6.61 Å². The predicted octanol–water partition coefficient (Wildman–Crippen LogP) is 3.14. The van der Waals surface area contributed by atoms with Crippen molar-refractivity contribution in [2.24, 2.45) is 5.73 Å². The van der Waals surface area contributed by atoms with Crippen LogP contribution in [0.1, 0.15) is 26.7 Å². The third-order valence-electron chi connectivity index (χ3n) is 3.04. The Morgan fingerprint density at radius 3 is 2.56 bits per heavy atom. The summed E-state index contributed by atoms with van der Waals surface area (Å²) in [5.41, 5.74) is 5.47. The van der Waals surface area contributed by atoms with Crippen molar-refractivity contribution >= 4 is 17.3 Å². The summed E-state index contributed by atoms with van der Waals surface area (Å²) < 4.78 is 5.48. The molecule has 6 heteroatoms. The van der Waals surface area contributed by atoms with Crippen molar-refractivity contribution in [1.82, 2.24) is 0 Å². The molecule has 0 atom stereocenters. The molecule has 1 aromatic rings. The Balaban J connectivity index is 2.88. The summed E-state index contributed by atoms with van der Waals surface area (Å²) >= 11 is 5.72. The van der Waals surface area contributed by atoms with E-state index in [0.717, 1.165) is 12.8 Å². The Kier molecular flexibility index (Phi) is 4.93. The van der Waals surface area contributed by atoms with Crippen LogP contribution in [0.4, 0.5) is 5.69 Å². The first-order chi connectivity index (χ1) is 8.41. The fourth-order valence-corrected chi connectivity index (χ4v) is 1.60. The average Bonchev–Trinajstić information content (AvgIpc) is 2.36. The predicted molar refractivity (Wildman–Crippen MR) is 71.1 cm³/mol. The van der Waals surface area contributed by atoms with Gasteiger partial charge in [-0.3, -0.25) is 10.1 Å². The summed E-state index contributed by atoms with van der Waals surface area (Å²) in [6.45, 7) is 4.16. The molecule has 0 unspecified atom stereocenters. The molecule has 0 amide bonds. The largest absolute Gasteiger partial charge is 0.485 e. The Morgan fingerprint density at radius 2 is 2.06 bits per heavy atom. The quantitative estimate of drug-likeness (QED) is 0.637. The van der Waals surface area contributed by atoms with Gasteiger partial charge in [0, 0.05) is 16.6 Å². The molecule has 0 radical (unpaired) electrons. The van der Waals surface area contributed by atoms with Gasteiger partial charge in [-0.1, -0.05) is 25.4 Å². The van der Waals surface area contributed by atoms with Gasteiger partial charge < -0.3 is 10.5 Å². The highest BCUT2D eigenvalue weighted by atomic mass is 35.5. The van der Waals surface area contributed by atoms with E-state index in [2.05, 4.69) is 0 Å². The van der Waals surface area contributed by atoms with Crippen LogP contribution in [0.15, 0.2) is 18.2 Å². The lowest BCUT2D eigenvalue weighted by Gasteiger charge is -2.26. The SMILES string of the molecule is CCC(N)(CC)COc1ccc(Cl)cc1[N+](=O)[O-]. The number of hydrogen-bond acceptors (Lipinski definition) is 4. The topological polar surface area (TPSA) is 78.4 Å². The number of nitrogens with two attached hydrogens (primary N) is 1. The fourth-order valence-electron chi connectivity index (χ4n) is 1.43. The van der Waals surface area contributed by atoms with Gasteiger partial charge in [-0.05, 0) is 25.0 Å². The van der Waals surface area contributed by atoms with E-state index in [1.807, 2.05) is 13.8 Å². The third-order valence-corrected chi connectivity index (χ3v) is 3.28. The molecule has 0 saturated carbocycles. The van der Waals surface area contributed by atoms with Crippen LogP contribution in [0, 0.1) is 10.1 Å². The Morgan fingerprint density at radius 1 is 1.44 bits per heavy atom. The van der Waals surface area contributed by atoms with Crippen molar-refractivity contribution in [2.75, 3.05) is 6.61 Å². The van der Waals surface area contributed by atoms with E-state index in [-0.39, 0.29) is 18.0 Å². The van der Waals surface area contributed by atoms with Gasteiger partial charge in [0.15, 0.2) is 5.75 Å². The Bertz CT molecular complexity index is 433. The normalized spacial score (nSPS) is 11.3. The van der Waals surface area contributed by atoms with Crippen molar-refractivity contribution < 1.29 is 9.66 Å². The van der Waals surface area contributed by atoms with Gasteiger partial charge in [0.25, 0.3) is 0 Å². The van der Waals surface area contributed by atoms with Crippen molar-refractivity contribution in [3.63, 3.8) is 0 Å². The van der Waals surface area contributed by atoms with Crippen LogP contribution in [0.5, 0.6) is 5.75 Å². The standard InChI is InChI=1S/C12H17ClN2O3/c1-3-12(14,4-2)8-18-11-6-5-9(13)7-10(11)15(16)17/h5-7H,3-4,8,14H2,1-2H3. The zero-order valence-electron chi connectivity index (χ0n) is 10.5. The lowest BCUT2D eigenvalue weighted by atomic mass is 9.96. The molecule has 0 aliphatic heterocycles. The molecule has 0 aliphatic carbocycles. The van der Waals surface area contributed by atoms with Crippen molar-refractivity contribution in [3.8, 4) is 5.75 Å². The van der Waals surface area contributed by atoms with Gasteiger partial charge in [0.2, 0.25) is 0 Å². The summed E-state index contributed by atoms with van der Waals surface area (Å²) in [5, 5.41) is 11.2. The molecule has 0 aliphatic rings. The molecule has 18 heavy (non-hydrogen) atoms. The van der Waals surface area contributed by atoms with E-state index in [4.69, 9.17) is 22.1 Å².